The number of aryl methyl sites for hydroxylation is 1. The summed E-state index contributed by atoms with van der Waals surface area (Å²) in [5, 5.41) is 11.5. The molecule has 1 saturated heterocycles. The van der Waals surface area contributed by atoms with E-state index in [2.05, 4.69) is 25.7 Å². The number of amides is 1. The average Bonchev–Trinajstić information content (AvgIpc) is 3.64. The van der Waals surface area contributed by atoms with Crippen LogP contribution in [0.25, 0.3) is 10.9 Å². The van der Waals surface area contributed by atoms with Crippen molar-refractivity contribution in [1.82, 2.24) is 25.1 Å². The SMILES string of the molecule is COc1ccc([C@H](NC(=O)c2ccc3cnc(NC4C[C@@H]5C[C@@H]4CO5)nc3c2)c2cnn(C)c2)cc1F. The number of hydrogen-bond donors (Lipinski definition) is 2. The van der Waals surface area contributed by atoms with Crippen LogP contribution in [0.4, 0.5) is 10.3 Å². The van der Waals surface area contributed by atoms with Gasteiger partial charge in [-0.15, -0.1) is 0 Å². The van der Waals surface area contributed by atoms with E-state index in [-0.39, 0.29) is 11.7 Å². The maximum absolute atomic E-state index is 14.5. The number of halogens is 1. The summed E-state index contributed by atoms with van der Waals surface area (Å²) in [4.78, 5) is 22.5. The van der Waals surface area contributed by atoms with Crippen LogP contribution in [0.3, 0.4) is 0 Å². The van der Waals surface area contributed by atoms with Gasteiger partial charge in [0.1, 0.15) is 0 Å². The Morgan fingerprint density at radius 2 is 2.08 bits per heavy atom. The highest BCUT2D eigenvalue weighted by atomic mass is 19.1. The van der Waals surface area contributed by atoms with Crippen LogP contribution in [0, 0.1) is 11.7 Å². The second kappa shape index (κ2) is 9.44. The monoisotopic (exact) mass is 502 g/mol. The van der Waals surface area contributed by atoms with Gasteiger partial charge >= 0.3 is 0 Å². The minimum atomic E-state index is -0.611. The van der Waals surface area contributed by atoms with Crippen LogP contribution in [-0.4, -0.2) is 51.5 Å². The maximum atomic E-state index is 14.5. The molecule has 190 valence electrons. The van der Waals surface area contributed by atoms with Crippen molar-refractivity contribution in [3.8, 4) is 5.75 Å². The molecule has 2 aromatic heterocycles. The smallest absolute Gasteiger partial charge is 0.252 e. The number of benzene rings is 2. The number of carbonyl (C=O) groups is 1. The summed E-state index contributed by atoms with van der Waals surface area (Å²) in [6, 6.07) is 9.63. The van der Waals surface area contributed by atoms with Crippen LogP contribution in [0.5, 0.6) is 5.75 Å². The van der Waals surface area contributed by atoms with Gasteiger partial charge in [-0.25, -0.2) is 14.4 Å². The van der Waals surface area contributed by atoms with Gasteiger partial charge in [-0.2, -0.15) is 5.10 Å². The minimum Gasteiger partial charge on any atom is -0.494 e. The third kappa shape index (κ3) is 4.60. The molecule has 1 unspecified atom stereocenters. The lowest BCUT2D eigenvalue weighted by Gasteiger charge is -2.23. The van der Waals surface area contributed by atoms with E-state index in [1.165, 1.54) is 13.2 Å². The zero-order valence-corrected chi connectivity index (χ0v) is 20.5. The van der Waals surface area contributed by atoms with Crippen molar-refractivity contribution in [2.24, 2.45) is 13.0 Å². The van der Waals surface area contributed by atoms with Gasteiger partial charge in [0.15, 0.2) is 11.6 Å². The van der Waals surface area contributed by atoms with Gasteiger partial charge in [-0.3, -0.25) is 9.48 Å². The predicted octanol–water partition coefficient (Wildman–Crippen LogP) is 3.62. The first kappa shape index (κ1) is 23.4. The van der Waals surface area contributed by atoms with E-state index in [4.69, 9.17) is 9.47 Å². The van der Waals surface area contributed by atoms with E-state index < -0.39 is 11.9 Å². The molecule has 9 nitrogen and oxygen atoms in total. The van der Waals surface area contributed by atoms with Crippen molar-refractivity contribution >= 4 is 22.8 Å². The Kier molecular flexibility index (Phi) is 5.96. The van der Waals surface area contributed by atoms with Crippen LogP contribution in [-0.2, 0) is 11.8 Å². The third-order valence-electron chi connectivity index (χ3n) is 7.20. The Balaban J connectivity index is 1.26. The van der Waals surface area contributed by atoms with E-state index in [9.17, 15) is 9.18 Å². The van der Waals surface area contributed by atoms with E-state index in [0.29, 0.717) is 40.7 Å². The third-order valence-corrected chi connectivity index (χ3v) is 7.20. The fourth-order valence-electron chi connectivity index (χ4n) is 5.26. The lowest BCUT2D eigenvalue weighted by molar-refractivity contribution is 0.0723. The summed E-state index contributed by atoms with van der Waals surface area (Å²) >= 11 is 0. The number of hydrogen-bond acceptors (Lipinski definition) is 7. The molecule has 0 radical (unpaired) electrons. The number of ether oxygens (including phenoxy) is 2. The molecule has 10 heteroatoms. The Bertz CT molecular complexity index is 1470. The first-order valence-corrected chi connectivity index (χ1v) is 12.2. The standard InChI is InChI=1S/C27H27FN6O3/c1-34-13-19(12-30-34)25(15-5-6-24(36-2)21(28)8-15)33-26(35)16-3-4-17-11-29-27(31-22(17)9-16)32-23-10-20-7-18(23)14-37-20/h3-6,8-9,11-13,18,20,23,25H,7,10,14H2,1-2H3,(H,33,35)(H,29,31,32)/t18-,20+,23?,25+/m1/s1. The summed E-state index contributed by atoms with van der Waals surface area (Å²) < 4.78 is 26.9. The Labute approximate surface area is 213 Å². The van der Waals surface area contributed by atoms with Crippen LogP contribution in [0.15, 0.2) is 55.0 Å². The summed E-state index contributed by atoms with van der Waals surface area (Å²) in [7, 11) is 3.20. The minimum absolute atomic E-state index is 0.136. The first-order chi connectivity index (χ1) is 18.0. The van der Waals surface area contributed by atoms with E-state index >= 15 is 0 Å². The number of anilines is 1. The molecule has 1 amide bonds. The van der Waals surface area contributed by atoms with Gasteiger partial charge in [-0.05, 0) is 42.7 Å². The van der Waals surface area contributed by atoms with Crippen molar-refractivity contribution in [3.05, 3.63) is 77.5 Å². The molecule has 4 atom stereocenters. The van der Waals surface area contributed by atoms with E-state index in [1.54, 1.807) is 54.6 Å². The Morgan fingerprint density at radius 3 is 2.78 bits per heavy atom. The van der Waals surface area contributed by atoms with Crippen LogP contribution >= 0.6 is 0 Å². The number of nitrogens with one attached hydrogen (secondary N) is 2. The Morgan fingerprint density at radius 1 is 1.19 bits per heavy atom. The fraction of sp³-hybridized carbons (Fsp3) is 0.333. The molecule has 2 aromatic carbocycles. The van der Waals surface area contributed by atoms with Crippen LogP contribution in [0.1, 0.15) is 40.4 Å². The molecule has 2 aliphatic rings. The van der Waals surface area contributed by atoms with Crippen LogP contribution in [0.2, 0.25) is 0 Å². The molecule has 1 aliphatic carbocycles. The summed E-state index contributed by atoms with van der Waals surface area (Å²) in [5.74, 6) is 0.340. The Hall–Kier alpha value is -4.05. The average molecular weight is 503 g/mol. The molecule has 37 heavy (non-hydrogen) atoms. The molecule has 1 saturated carbocycles. The molecule has 2 N–H and O–H groups in total. The van der Waals surface area contributed by atoms with Crippen molar-refractivity contribution in [2.45, 2.75) is 31.0 Å². The van der Waals surface area contributed by atoms with Crippen molar-refractivity contribution in [3.63, 3.8) is 0 Å². The molecule has 0 spiro atoms. The van der Waals surface area contributed by atoms with Gasteiger partial charge in [0, 0.05) is 47.9 Å². The highest BCUT2D eigenvalue weighted by Crippen LogP contribution is 2.36. The number of fused-ring (bicyclic) bond motifs is 3. The maximum Gasteiger partial charge on any atom is 0.252 e. The van der Waals surface area contributed by atoms with Gasteiger partial charge in [0.25, 0.3) is 5.91 Å². The van der Waals surface area contributed by atoms with Gasteiger partial charge in [0.2, 0.25) is 5.95 Å². The second-order valence-electron chi connectivity index (χ2n) is 9.65. The summed E-state index contributed by atoms with van der Waals surface area (Å²) in [5.41, 5.74) is 2.40. The van der Waals surface area contributed by atoms with E-state index in [1.807, 2.05) is 6.07 Å². The normalized spacial score (nSPS) is 21.2. The van der Waals surface area contributed by atoms with Crippen LogP contribution < -0.4 is 15.4 Å². The number of nitrogens with zero attached hydrogens (tertiary/aromatic N) is 4. The number of methoxy groups -OCH3 is 1. The van der Waals surface area contributed by atoms with E-state index in [0.717, 1.165) is 30.4 Å². The zero-order valence-electron chi connectivity index (χ0n) is 20.5. The summed E-state index contributed by atoms with van der Waals surface area (Å²) in [6.45, 7) is 0.774. The summed E-state index contributed by atoms with van der Waals surface area (Å²) in [6.07, 6.45) is 7.56. The molecule has 3 heterocycles. The topological polar surface area (TPSA) is 103 Å². The van der Waals surface area contributed by atoms with Gasteiger partial charge in [0.05, 0.1) is 37.6 Å². The van der Waals surface area contributed by atoms with Crippen molar-refractivity contribution < 1.29 is 18.7 Å². The lowest BCUT2D eigenvalue weighted by atomic mass is 10.0. The molecule has 6 rings (SSSR count). The highest BCUT2D eigenvalue weighted by molar-refractivity contribution is 5.98. The molecular formula is C27H27FN6O3. The van der Waals surface area contributed by atoms with Gasteiger partial charge < -0.3 is 20.1 Å². The molecular weight excluding hydrogens is 475 g/mol. The molecule has 1 aliphatic heterocycles. The lowest BCUT2D eigenvalue weighted by Crippen LogP contribution is -2.30. The highest BCUT2D eigenvalue weighted by Gasteiger charge is 2.41. The molecule has 2 fully saturated rings. The number of carbonyl (C=O) groups excluding carboxylic acids is 1. The first-order valence-electron chi connectivity index (χ1n) is 12.2. The predicted molar refractivity (Wildman–Crippen MR) is 135 cm³/mol. The fourth-order valence-corrected chi connectivity index (χ4v) is 5.26. The second-order valence-corrected chi connectivity index (χ2v) is 9.65. The molecule has 2 bridgehead atoms. The number of rotatable bonds is 7. The largest absolute Gasteiger partial charge is 0.494 e. The quantitative estimate of drug-likeness (QED) is 0.398. The van der Waals surface area contributed by atoms with Crippen molar-refractivity contribution in [1.29, 1.82) is 0 Å². The van der Waals surface area contributed by atoms with Crippen molar-refractivity contribution in [2.75, 3.05) is 19.0 Å². The number of aromatic nitrogens is 4. The van der Waals surface area contributed by atoms with Gasteiger partial charge in [-0.1, -0.05) is 12.1 Å². The molecule has 4 aromatic rings. The zero-order chi connectivity index (χ0) is 25.5.